The van der Waals surface area contributed by atoms with Crippen LogP contribution in [0.15, 0.2) is 60.6 Å². The molecule has 0 radical (unpaired) electrons. The second-order valence-corrected chi connectivity index (χ2v) is 17.3. The predicted octanol–water partition coefficient (Wildman–Crippen LogP) is 6.17. The number of hydrogen-bond donors (Lipinski definition) is 3. The number of phosphoric acid groups is 1. The molecule has 53 heavy (non-hydrogen) atoms. The SMILES string of the molecule is CN1C=CC2C(=CC=CC2(C)[C@@H](c2cn(C34CC(C3)C4)nn2)N(C(=O)OCOP(=O)(O)O)c2cc(Cl)c3ncc(C#N)c(NCC(C)(C)C)c3c2)C1=O. The van der Waals surface area contributed by atoms with Gasteiger partial charge in [0.15, 0.2) is 0 Å². The Morgan fingerprint density at radius 1 is 1.28 bits per heavy atom. The molecule has 15 nitrogen and oxygen atoms in total. The molecule has 3 saturated carbocycles. The molecule has 3 fully saturated rings. The lowest BCUT2D eigenvalue weighted by molar-refractivity contribution is -0.125. The fourth-order valence-electron chi connectivity index (χ4n) is 7.83. The van der Waals surface area contributed by atoms with Crippen LogP contribution < -0.4 is 10.2 Å². The summed E-state index contributed by atoms with van der Waals surface area (Å²) in [6.07, 6.45) is 14.1. The first-order chi connectivity index (χ1) is 24.9. The average molecular weight is 763 g/mol. The van der Waals surface area contributed by atoms with Crippen molar-refractivity contribution in [1.82, 2.24) is 24.9 Å². The summed E-state index contributed by atoms with van der Waals surface area (Å²) in [5.41, 5.74) is 0.712. The summed E-state index contributed by atoms with van der Waals surface area (Å²) in [6, 6.07) is 4.33. The smallest absolute Gasteiger partial charge is 0.421 e. The molecule has 5 aliphatic rings. The Balaban J connectivity index is 1.44. The summed E-state index contributed by atoms with van der Waals surface area (Å²) < 4.78 is 23.4. The third kappa shape index (κ3) is 6.64. The number of nitrogens with one attached hydrogen (secondary N) is 1. The number of halogens is 1. The Morgan fingerprint density at radius 3 is 2.66 bits per heavy atom. The molecule has 2 amide bonds. The van der Waals surface area contributed by atoms with Gasteiger partial charge in [0.25, 0.3) is 5.91 Å². The maximum absolute atomic E-state index is 14.6. The molecule has 8 rings (SSSR count). The van der Waals surface area contributed by atoms with Crippen molar-refractivity contribution in [3.63, 3.8) is 0 Å². The number of pyridine rings is 1. The second kappa shape index (κ2) is 13.1. The van der Waals surface area contributed by atoms with Gasteiger partial charge < -0.3 is 24.7 Å². The highest BCUT2D eigenvalue weighted by atomic mass is 35.5. The van der Waals surface area contributed by atoms with Crippen molar-refractivity contribution >= 4 is 53.7 Å². The van der Waals surface area contributed by atoms with E-state index in [1.807, 2.05) is 50.7 Å². The number of hydrogen-bond acceptors (Lipinski definition) is 10. The van der Waals surface area contributed by atoms with Crippen LogP contribution in [-0.4, -0.2) is 67.1 Å². The van der Waals surface area contributed by atoms with Crippen molar-refractivity contribution in [2.75, 3.05) is 30.6 Å². The standard InChI is InChI=1S/C36H40ClN8O7P/c1-34(2,3)19-40-29-22(16-38)17-39-30-25(29)11-23(12-27(30)37)45(33(47)51-20-52-53(48,49)50)31(28-18-44(42-41-28)36-13-21(14-36)15-36)35(4)9-6-7-24-26(35)8-10-43(5)32(24)46/h6-12,17-18,21,26,31H,13-15,19-20H2,1-5H3,(H,39,40)(H2,48,49,50)/t21?,26?,31-,35?,36?/m1/s1. The minimum absolute atomic E-state index is 0.153. The number of aromatic nitrogens is 4. The molecule has 2 bridgehead atoms. The van der Waals surface area contributed by atoms with Crippen molar-refractivity contribution in [3.05, 3.63) is 76.9 Å². The zero-order valence-electron chi connectivity index (χ0n) is 29.9. The topological polar surface area (TPSA) is 196 Å². The first-order valence-electron chi connectivity index (χ1n) is 17.1. The molecule has 3 aromatic rings. The van der Waals surface area contributed by atoms with E-state index in [-0.39, 0.29) is 33.1 Å². The fourth-order valence-corrected chi connectivity index (χ4v) is 8.28. The van der Waals surface area contributed by atoms with Gasteiger partial charge >= 0.3 is 13.9 Å². The van der Waals surface area contributed by atoms with Crippen LogP contribution >= 0.6 is 19.4 Å². The molecule has 3 N–H and O–H groups in total. The van der Waals surface area contributed by atoms with E-state index in [2.05, 4.69) is 31.2 Å². The van der Waals surface area contributed by atoms with Gasteiger partial charge in [0.2, 0.25) is 6.79 Å². The van der Waals surface area contributed by atoms with E-state index >= 15 is 0 Å². The van der Waals surface area contributed by atoms with Gasteiger partial charge in [0.05, 0.1) is 45.3 Å². The molecular formula is C36H40ClN8O7P. The van der Waals surface area contributed by atoms with E-state index in [9.17, 15) is 29.2 Å². The Morgan fingerprint density at radius 2 is 2.02 bits per heavy atom. The number of allylic oxidation sites excluding steroid dienone is 3. The number of nitrogens with zero attached hydrogens (tertiary/aromatic N) is 7. The van der Waals surface area contributed by atoms with E-state index < -0.39 is 38.1 Å². The molecular weight excluding hydrogens is 723 g/mol. The lowest BCUT2D eigenvalue weighted by Gasteiger charge is -2.61. The van der Waals surface area contributed by atoms with Crippen LogP contribution in [0.1, 0.15) is 64.3 Å². The minimum atomic E-state index is -5.02. The third-order valence-electron chi connectivity index (χ3n) is 10.6. The summed E-state index contributed by atoms with van der Waals surface area (Å²) in [6.45, 7) is 7.43. The molecule has 3 atom stereocenters. The summed E-state index contributed by atoms with van der Waals surface area (Å²) in [5.74, 6) is -0.129. The first-order valence-corrected chi connectivity index (χ1v) is 19.0. The molecule has 1 aromatic carbocycles. The molecule has 0 saturated heterocycles. The Bertz CT molecular complexity index is 2180. The van der Waals surface area contributed by atoms with Crippen LogP contribution in [0.25, 0.3) is 10.9 Å². The van der Waals surface area contributed by atoms with Gasteiger partial charge in [-0.2, -0.15) is 5.26 Å². The summed E-state index contributed by atoms with van der Waals surface area (Å²) in [4.78, 5) is 54.1. The lowest BCUT2D eigenvalue weighted by Crippen LogP contribution is -2.59. The van der Waals surface area contributed by atoms with Crippen LogP contribution in [0.4, 0.5) is 16.2 Å². The quantitative estimate of drug-likeness (QED) is 0.157. The predicted molar refractivity (Wildman–Crippen MR) is 195 cm³/mol. The van der Waals surface area contributed by atoms with Gasteiger partial charge in [-0.1, -0.05) is 68.8 Å². The highest BCUT2D eigenvalue weighted by Gasteiger charge is 2.59. The number of likely N-dealkylation sites (N-methyl/N-ethyl adjacent to an activating group) is 1. The number of carbonyl (C=O) groups is 2. The number of rotatable bonds is 10. The van der Waals surface area contributed by atoms with Crippen LogP contribution in [0, 0.1) is 34.0 Å². The van der Waals surface area contributed by atoms with Gasteiger partial charge in [-0.15, -0.1) is 5.10 Å². The van der Waals surface area contributed by atoms with Crippen molar-refractivity contribution in [1.29, 1.82) is 5.26 Å². The first kappa shape index (κ1) is 36.8. The summed E-state index contributed by atoms with van der Waals surface area (Å²) in [5, 5.41) is 23.3. The average Bonchev–Trinajstić information content (AvgIpc) is 3.50. The molecule has 3 heterocycles. The van der Waals surface area contributed by atoms with Crippen LogP contribution in [0.5, 0.6) is 0 Å². The van der Waals surface area contributed by atoms with Crippen LogP contribution in [-0.2, 0) is 24.2 Å². The summed E-state index contributed by atoms with van der Waals surface area (Å²) in [7, 11) is -3.36. The van der Waals surface area contributed by atoms with Gasteiger partial charge in [-0.3, -0.25) is 14.7 Å². The molecule has 1 aliphatic heterocycles. The third-order valence-corrected chi connectivity index (χ3v) is 11.4. The molecule has 0 spiro atoms. The molecule has 17 heteroatoms. The highest BCUT2D eigenvalue weighted by molar-refractivity contribution is 7.46. The maximum atomic E-state index is 14.6. The van der Waals surface area contributed by atoms with E-state index in [0.29, 0.717) is 40.3 Å². The number of phosphoric ester groups is 1. The van der Waals surface area contributed by atoms with Crippen molar-refractivity contribution in [2.45, 2.75) is 58.5 Å². The number of carbonyl (C=O) groups excluding carboxylic acids is 2. The van der Waals surface area contributed by atoms with Gasteiger partial charge in [0, 0.05) is 48.3 Å². The highest BCUT2D eigenvalue weighted by Crippen LogP contribution is 2.62. The number of ether oxygens (including phenoxy) is 1. The van der Waals surface area contributed by atoms with Crippen LogP contribution in [0.3, 0.4) is 0 Å². The van der Waals surface area contributed by atoms with Crippen LogP contribution in [0.2, 0.25) is 5.02 Å². The Labute approximate surface area is 311 Å². The monoisotopic (exact) mass is 762 g/mol. The van der Waals surface area contributed by atoms with E-state index in [4.69, 9.17) is 16.3 Å². The fraction of sp³-hybridized carbons (Fsp3) is 0.444. The number of anilines is 2. The molecule has 4 aliphatic carbocycles. The minimum Gasteiger partial charge on any atom is -0.421 e. The zero-order chi connectivity index (χ0) is 38.1. The Kier molecular flexibility index (Phi) is 9.07. The zero-order valence-corrected chi connectivity index (χ0v) is 31.5. The Hall–Kier alpha value is -4.58. The van der Waals surface area contributed by atoms with E-state index in [1.165, 1.54) is 22.1 Å². The van der Waals surface area contributed by atoms with E-state index in [1.54, 1.807) is 31.5 Å². The van der Waals surface area contributed by atoms with Crippen molar-refractivity contribution in [2.24, 2.45) is 22.7 Å². The number of nitriles is 1. The van der Waals surface area contributed by atoms with Gasteiger partial charge in [-0.05, 0) is 42.7 Å². The van der Waals surface area contributed by atoms with Gasteiger partial charge in [0.1, 0.15) is 11.8 Å². The number of fused-ring (bicyclic) bond motifs is 2. The molecule has 2 aromatic heterocycles. The number of amides is 2. The van der Waals surface area contributed by atoms with Crippen molar-refractivity contribution in [3.8, 4) is 6.07 Å². The lowest BCUT2D eigenvalue weighted by atomic mass is 9.50. The second-order valence-electron chi connectivity index (χ2n) is 15.7. The maximum Gasteiger partial charge on any atom is 0.472 e. The van der Waals surface area contributed by atoms with Crippen molar-refractivity contribution < 1.29 is 33.2 Å². The normalized spacial score (nSPS) is 25.2. The molecule has 278 valence electrons. The van der Waals surface area contributed by atoms with Gasteiger partial charge in [-0.25, -0.2) is 18.6 Å². The van der Waals surface area contributed by atoms with E-state index in [0.717, 1.165) is 19.3 Å². The molecule has 2 unspecified atom stereocenters. The summed E-state index contributed by atoms with van der Waals surface area (Å²) >= 11 is 6.95. The largest absolute Gasteiger partial charge is 0.472 e. The number of benzene rings is 1.